The lowest BCUT2D eigenvalue weighted by Gasteiger charge is -2.34. The van der Waals surface area contributed by atoms with Crippen molar-refractivity contribution in [1.82, 2.24) is 14.7 Å². The van der Waals surface area contributed by atoms with Gasteiger partial charge in [0.05, 0.1) is 24.2 Å². The van der Waals surface area contributed by atoms with Gasteiger partial charge in [0.2, 0.25) is 5.91 Å². The van der Waals surface area contributed by atoms with Gasteiger partial charge in [-0.1, -0.05) is 25.1 Å². The summed E-state index contributed by atoms with van der Waals surface area (Å²) in [5.41, 5.74) is 1.77. The Labute approximate surface area is 140 Å². The van der Waals surface area contributed by atoms with Crippen LogP contribution in [0, 0.1) is 11.8 Å². The van der Waals surface area contributed by atoms with Crippen LogP contribution in [0.2, 0.25) is 0 Å². The molecule has 0 bridgehead atoms. The molecule has 2 unspecified atom stereocenters. The van der Waals surface area contributed by atoms with Crippen LogP contribution < -0.4 is 0 Å². The Morgan fingerprint density at radius 1 is 1.25 bits per heavy atom. The molecule has 0 radical (unpaired) electrons. The number of piperidine rings is 1. The number of aliphatic carboxylic acids is 1. The fraction of sp³-hybridized carbons (Fsp3) is 0.389. The van der Waals surface area contributed by atoms with Gasteiger partial charge in [0.25, 0.3) is 0 Å². The van der Waals surface area contributed by atoms with E-state index in [9.17, 15) is 14.7 Å². The average molecular weight is 327 g/mol. The highest BCUT2D eigenvalue weighted by Crippen LogP contribution is 2.22. The maximum atomic E-state index is 12.5. The third kappa shape index (κ3) is 3.64. The third-order valence-electron chi connectivity index (χ3n) is 4.37. The maximum Gasteiger partial charge on any atom is 0.308 e. The standard InChI is InChI=1S/C18H21N3O3/c1-13-7-15(18(23)24)12-20(10-13)17(22)8-14-9-19-21(11-14)16-5-3-2-4-6-16/h2-6,9,11,13,15H,7-8,10,12H2,1H3,(H,23,24). The number of amides is 1. The summed E-state index contributed by atoms with van der Waals surface area (Å²) in [5.74, 6) is -1.13. The van der Waals surface area contributed by atoms with Crippen molar-refractivity contribution in [3.8, 4) is 5.69 Å². The lowest BCUT2D eigenvalue weighted by atomic mass is 9.90. The monoisotopic (exact) mass is 327 g/mol. The van der Waals surface area contributed by atoms with Gasteiger partial charge in [0.1, 0.15) is 0 Å². The predicted octanol–water partition coefficient (Wildman–Crippen LogP) is 1.98. The van der Waals surface area contributed by atoms with E-state index in [-0.39, 0.29) is 18.2 Å². The second-order valence-corrected chi connectivity index (χ2v) is 6.48. The van der Waals surface area contributed by atoms with Gasteiger partial charge in [-0.05, 0) is 30.0 Å². The fourth-order valence-electron chi connectivity index (χ4n) is 3.19. The molecular formula is C18H21N3O3. The minimum atomic E-state index is -0.823. The normalized spacial score (nSPS) is 20.8. The largest absolute Gasteiger partial charge is 0.481 e. The quantitative estimate of drug-likeness (QED) is 0.932. The Kier molecular flexibility index (Phi) is 4.64. The zero-order chi connectivity index (χ0) is 17.1. The van der Waals surface area contributed by atoms with Gasteiger partial charge in [-0.2, -0.15) is 5.10 Å². The molecule has 1 aromatic heterocycles. The molecule has 6 heteroatoms. The van der Waals surface area contributed by atoms with Crippen LogP contribution in [0.25, 0.3) is 5.69 Å². The number of benzene rings is 1. The molecular weight excluding hydrogens is 306 g/mol. The van der Waals surface area contributed by atoms with Crippen molar-refractivity contribution in [2.75, 3.05) is 13.1 Å². The average Bonchev–Trinajstić information content (AvgIpc) is 3.03. The van der Waals surface area contributed by atoms with E-state index in [4.69, 9.17) is 0 Å². The Balaban J connectivity index is 1.67. The number of aromatic nitrogens is 2. The first-order valence-corrected chi connectivity index (χ1v) is 8.12. The predicted molar refractivity (Wildman–Crippen MR) is 88.8 cm³/mol. The smallest absolute Gasteiger partial charge is 0.308 e. The third-order valence-corrected chi connectivity index (χ3v) is 4.37. The van der Waals surface area contributed by atoms with Crippen LogP contribution in [-0.4, -0.2) is 44.8 Å². The summed E-state index contributed by atoms with van der Waals surface area (Å²) >= 11 is 0. The molecule has 1 aliphatic heterocycles. The summed E-state index contributed by atoms with van der Waals surface area (Å²) in [6.45, 7) is 2.91. The Bertz CT molecular complexity index is 726. The van der Waals surface area contributed by atoms with Crippen molar-refractivity contribution in [1.29, 1.82) is 0 Å². The maximum absolute atomic E-state index is 12.5. The van der Waals surface area contributed by atoms with E-state index >= 15 is 0 Å². The first kappa shape index (κ1) is 16.2. The first-order valence-electron chi connectivity index (χ1n) is 8.12. The summed E-state index contributed by atoms with van der Waals surface area (Å²) in [6.07, 6.45) is 4.40. The van der Waals surface area contributed by atoms with Crippen LogP contribution in [0.5, 0.6) is 0 Å². The van der Waals surface area contributed by atoms with E-state index in [2.05, 4.69) is 5.10 Å². The number of carboxylic acid groups (broad SMARTS) is 1. The van der Waals surface area contributed by atoms with Crippen LogP contribution >= 0.6 is 0 Å². The minimum absolute atomic E-state index is 0.0413. The van der Waals surface area contributed by atoms with Gasteiger partial charge >= 0.3 is 5.97 Å². The van der Waals surface area contributed by atoms with Crippen LogP contribution in [-0.2, 0) is 16.0 Å². The van der Waals surface area contributed by atoms with Crippen molar-refractivity contribution < 1.29 is 14.7 Å². The van der Waals surface area contributed by atoms with E-state index in [1.807, 2.05) is 43.5 Å². The molecule has 0 saturated carbocycles. The molecule has 0 aliphatic carbocycles. The molecule has 0 spiro atoms. The highest BCUT2D eigenvalue weighted by Gasteiger charge is 2.31. The van der Waals surface area contributed by atoms with Gasteiger partial charge < -0.3 is 10.0 Å². The molecule has 2 aromatic rings. The topological polar surface area (TPSA) is 75.4 Å². The van der Waals surface area contributed by atoms with Crippen LogP contribution in [0.4, 0.5) is 0 Å². The van der Waals surface area contributed by atoms with Crippen molar-refractivity contribution in [3.63, 3.8) is 0 Å². The van der Waals surface area contributed by atoms with Gasteiger partial charge in [0.15, 0.2) is 0 Å². The zero-order valence-electron chi connectivity index (χ0n) is 13.6. The molecule has 1 aromatic carbocycles. The highest BCUT2D eigenvalue weighted by atomic mass is 16.4. The fourth-order valence-corrected chi connectivity index (χ4v) is 3.19. The summed E-state index contributed by atoms with van der Waals surface area (Å²) in [4.78, 5) is 25.4. The number of rotatable bonds is 4. The summed E-state index contributed by atoms with van der Waals surface area (Å²) in [5, 5.41) is 13.5. The van der Waals surface area contributed by atoms with Crippen LogP contribution in [0.3, 0.4) is 0 Å². The number of carboxylic acids is 1. The Morgan fingerprint density at radius 2 is 2.00 bits per heavy atom. The molecule has 1 saturated heterocycles. The van der Waals surface area contributed by atoms with E-state index in [1.54, 1.807) is 15.8 Å². The van der Waals surface area contributed by atoms with Crippen molar-refractivity contribution in [2.24, 2.45) is 11.8 Å². The minimum Gasteiger partial charge on any atom is -0.481 e. The van der Waals surface area contributed by atoms with Gasteiger partial charge in [0, 0.05) is 19.3 Å². The van der Waals surface area contributed by atoms with Crippen molar-refractivity contribution in [2.45, 2.75) is 19.8 Å². The van der Waals surface area contributed by atoms with Crippen LogP contribution in [0.1, 0.15) is 18.9 Å². The molecule has 2 atom stereocenters. The molecule has 3 rings (SSSR count). The van der Waals surface area contributed by atoms with Crippen LogP contribution in [0.15, 0.2) is 42.7 Å². The van der Waals surface area contributed by atoms with Crippen molar-refractivity contribution >= 4 is 11.9 Å². The number of hydrogen-bond donors (Lipinski definition) is 1. The number of likely N-dealkylation sites (tertiary alicyclic amines) is 1. The van der Waals surface area contributed by atoms with E-state index in [0.717, 1.165) is 11.3 Å². The van der Waals surface area contributed by atoms with Gasteiger partial charge in [-0.25, -0.2) is 4.68 Å². The molecule has 1 aliphatic rings. The summed E-state index contributed by atoms with van der Waals surface area (Å²) < 4.78 is 1.74. The highest BCUT2D eigenvalue weighted by molar-refractivity contribution is 5.80. The number of carbonyl (C=O) groups is 2. The number of nitrogens with zero attached hydrogens (tertiary/aromatic N) is 3. The van der Waals surface area contributed by atoms with E-state index < -0.39 is 11.9 Å². The molecule has 2 heterocycles. The number of para-hydroxylation sites is 1. The molecule has 6 nitrogen and oxygen atoms in total. The lowest BCUT2D eigenvalue weighted by Crippen LogP contribution is -2.46. The zero-order valence-corrected chi connectivity index (χ0v) is 13.6. The van der Waals surface area contributed by atoms with E-state index in [0.29, 0.717) is 19.5 Å². The summed E-state index contributed by atoms with van der Waals surface area (Å²) in [7, 11) is 0. The lowest BCUT2D eigenvalue weighted by molar-refractivity contribution is -0.146. The summed E-state index contributed by atoms with van der Waals surface area (Å²) in [6, 6.07) is 9.70. The van der Waals surface area contributed by atoms with Crippen molar-refractivity contribution in [3.05, 3.63) is 48.3 Å². The second-order valence-electron chi connectivity index (χ2n) is 6.48. The van der Waals surface area contributed by atoms with E-state index in [1.165, 1.54) is 0 Å². The van der Waals surface area contributed by atoms with Gasteiger partial charge in [-0.15, -0.1) is 0 Å². The SMILES string of the molecule is CC1CC(C(=O)O)CN(C(=O)Cc2cnn(-c3ccccc3)c2)C1. The van der Waals surface area contributed by atoms with Gasteiger partial charge in [-0.3, -0.25) is 9.59 Å². The second kappa shape index (κ2) is 6.86. The number of hydrogen-bond acceptors (Lipinski definition) is 3. The molecule has 24 heavy (non-hydrogen) atoms. The number of carbonyl (C=O) groups excluding carboxylic acids is 1. The Hall–Kier alpha value is -2.63. The molecule has 126 valence electrons. The molecule has 1 fully saturated rings. The molecule has 1 N–H and O–H groups in total. The first-order chi connectivity index (χ1) is 11.5. The molecule has 1 amide bonds. The Morgan fingerprint density at radius 3 is 2.71 bits per heavy atom.